The van der Waals surface area contributed by atoms with Crippen LogP contribution in [-0.4, -0.2) is 9.55 Å². The summed E-state index contributed by atoms with van der Waals surface area (Å²) in [6.45, 7) is 7.73. The van der Waals surface area contributed by atoms with E-state index in [1.54, 1.807) is 0 Å². The zero-order valence-electron chi connectivity index (χ0n) is 8.25. The molecule has 0 aliphatic heterocycles. The lowest BCUT2D eigenvalue weighted by Crippen LogP contribution is -2.05. The highest BCUT2D eigenvalue weighted by atomic mass is 15.1. The van der Waals surface area contributed by atoms with Crippen molar-refractivity contribution in [3.63, 3.8) is 0 Å². The molecular formula is C10H18N2. The van der Waals surface area contributed by atoms with Crippen molar-refractivity contribution in [1.82, 2.24) is 9.55 Å². The smallest absolute Gasteiger partial charge is 0.111 e. The van der Waals surface area contributed by atoms with E-state index in [4.69, 9.17) is 0 Å². The first-order chi connectivity index (χ1) is 5.79. The fourth-order valence-corrected chi connectivity index (χ4v) is 1.36. The molecule has 2 nitrogen and oxygen atoms in total. The highest BCUT2D eigenvalue weighted by molar-refractivity contribution is 4.98. The molecule has 1 heterocycles. The van der Waals surface area contributed by atoms with E-state index in [-0.39, 0.29) is 0 Å². The number of nitrogens with zero attached hydrogens (tertiary/aromatic N) is 2. The molecule has 0 amide bonds. The second kappa shape index (κ2) is 4.29. The molecule has 0 aliphatic carbocycles. The number of aromatic nitrogens is 2. The topological polar surface area (TPSA) is 17.8 Å². The van der Waals surface area contributed by atoms with Gasteiger partial charge in [-0.05, 0) is 12.8 Å². The predicted molar refractivity (Wildman–Crippen MR) is 51.2 cm³/mol. The molecule has 0 saturated carbocycles. The molecule has 12 heavy (non-hydrogen) atoms. The Morgan fingerprint density at radius 3 is 2.83 bits per heavy atom. The highest BCUT2D eigenvalue weighted by Gasteiger charge is 2.08. The third-order valence-electron chi connectivity index (χ3n) is 2.27. The first kappa shape index (κ1) is 9.30. The summed E-state index contributed by atoms with van der Waals surface area (Å²) in [4.78, 5) is 4.37. The van der Waals surface area contributed by atoms with Gasteiger partial charge in [-0.25, -0.2) is 4.98 Å². The first-order valence-corrected chi connectivity index (χ1v) is 4.80. The van der Waals surface area contributed by atoms with Crippen LogP contribution in [-0.2, 0) is 6.54 Å². The molecule has 0 bridgehead atoms. The minimum atomic E-state index is 0.589. The lowest BCUT2D eigenvalue weighted by atomic mass is 10.1. The van der Waals surface area contributed by atoms with Gasteiger partial charge in [-0.1, -0.05) is 20.8 Å². The minimum Gasteiger partial charge on any atom is -0.335 e. The standard InChI is InChI=1S/C10H18N2/c1-4-7-12-8-6-11-10(12)9(3)5-2/h6,8-9H,4-5,7H2,1-3H3. The van der Waals surface area contributed by atoms with Crippen LogP contribution < -0.4 is 0 Å². The van der Waals surface area contributed by atoms with Gasteiger partial charge in [-0.15, -0.1) is 0 Å². The van der Waals surface area contributed by atoms with Crippen molar-refractivity contribution in [3.8, 4) is 0 Å². The molecule has 0 radical (unpaired) electrons. The van der Waals surface area contributed by atoms with Gasteiger partial charge in [0.25, 0.3) is 0 Å². The van der Waals surface area contributed by atoms with Gasteiger partial charge in [0.1, 0.15) is 5.82 Å². The van der Waals surface area contributed by atoms with Crippen LogP contribution in [0.1, 0.15) is 45.4 Å². The zero-order chi connectivity index (χ0) is 8.97. The van der Waals surface area contributed by atoms with E-state index in [0.29, 0.717) is 5.92 Å². The molecule has 1 aromatic rings. The Balaban J connectivity index is 2.76. The highest BCUT2D eigenvalue weighted by Crippen LogP contribution is 2.16. The quantitative estimate of drug-likeness (QED) is 0.672. The molecule has 0 saturated heterocycles. The Morgan fingerprint density at radius 2 is 2.25 bits per heavy atom. The van der Waals surface area contributed by atoms with Crippen LogP contribution in [0.5, 0.6) is 0 Å². The summed E-state index contributed by atoms with van der Waals surface area (Å²) in [5.41, 5.74) is 0. The van der Waals surface area contributed by atoms with Crippen LogP contribution >= 0.6 is 0 Å². The van der Waals surface area contributed by atoms with E-state index in [1.165, 1.54) is 18.7 Å². The lowest BCUT2D eigenvalue weighted by Gasteiger charge is -2.10. The van der Waals surface area contributed by atoms with Crippen molar-refractivity contribution in [1.29, 1.82) is 0 Å². The van der Waals surface area contributed by atoms with Crippen LogP contribution in [0.3, 0.4) is 0 Å². The van der Waals surface area contributed by atoms with Crippen LogP contribution in [0, 0.1) is 0 Å². The van der Waals surface area contributed by atoms with Crippen molar-refractivity contribution in [3.05, 3.63) is 18.2 Å². The van der Waals surface area contributed by atoms with Crippen molar-refractivity contribution >= 4 is 0 Å². The Kier molecular flexibility index (Phi) is 3.32. The van der Waals surface area contributed by atoms with Gasteiger partial charge < -0.3 is 4.57 Å². The summed E-state index contributed by atoms with van der Waals surface area (Å²) in [5.74, 6) is 1.82. The predicted octanol–water partition coefficient (Wildman–Crippen LogP) is 2.81. The van der Waals surface area contributed by atoms with Gasteiger partial charge in [-0.3, -0.25) is 0 Å². The lowest BCUT2D eigenvalue weighted by molar-refractivity contribution is 0.580. The van der Waals surface area contributed by atoms with Crippen molar-refractivity contribution in [2.45, 2.75) is 46.1 Å². The molecule has 1 unspecified atom stereocenters. The normalized spacial score (nSPS) is 13.2. The Labute approximate surface area is 74.6 Å². The maximum Gasteiger partial charge on any atom is 0.111 e. The van der Waals surface area contributed by atoms with Crippen LogP contribution in [0.4, 0.5) is 0 Å². The second-order valence-electron chi connectivity index (χ2n) is 3.29. The monoisotopic (exact) mass is 166 g/mol. The van der Waals surface area contributed by atoms with Crippen LogP contribution in [0.25, 0.3) is 0 Å². The average molecular weight is 166 g/mol. The van der Waals surface area contributed by atoms with Gasteiger partial charge in [0.2, 0.25) is 0 Å². The molecular weight excluding hydrogens is 148 g/mol. The van der Waals surface area contributed by atoms with E-state index in [9.17, 15) is 0 Å². The summed E-state index contributed by atoms with van der Waals surface area (Å²) in [6.07, 6.45) is 6.32. The van der Waals surface area contributed by atoms with Gasteiger partial charge >= 0.3 is 0 Å². The first-order valence-electron chi connectivity index (χ1n) is 4.80. The molecule has 2 heteroatoms. The molecule has 1 aromatic heterocycles. The van der Waals surface area contributed by atoms with E-state index < -0.39 is 0 Å². The molecule has 68 valence electrons. The molecule has 0 aliphatic rings. The average Bonchev–Trinajstić information content (AvgIpc) is 2.52. The fourth-order valence-electron chi connectivity index (χ4n) is 1.36. The van der Waals surface area contributed by atoms with Crippen LogP contribution in [0.2, 0.25) is 0 Å². The number of rotatable bonds is 4. The van der Waals surface area contributed by atoms with E-state index in [1.807, 2.05) is 6.20 Å². The molecule has 1 atom stereocenters. The second-order valence-corrected chi connectivity index (χ2v) is 3.29. The number of imidazole rings is 1. The third kappa shape index (κ3) is 1.87. The summed E-state index contributed by atoms with van der Waals surface area (Å²) in [6, 6.07) is 0. The minimum absolute atomic E-state index is 0.589. The number of hydrogen-bond donors (Lipinski definition) is 0. The van der Waals surface area contributed by atoms with E-state index >= 15 is 0 Å². The van der Waals surface area contributed by atoms with Gasteiger partial charge in [0.15, 0.2) is 0 Å². The summed E-state index contributed by atoms with van der Waals surface area (Å²) < 4.78 is 2.26. The zero-order valence-corrected chi connectivity index (χ0v) is 8.25. The molecule has 0 spiro atoms. The van der Waals surface area contributed by atoms with Crippen molar-refractivity contribution < 1.29 is 0 Å². The van der Waals surface area contributed by atoms with Gasteiger partial charge in [-0.2, -0.15) is 0 Å². The van der Waals surface area contributed by atoms with Gasteiger partial charge in [0, 0.05) is 24.9 Å². The Morgan fingerprint density at radius 1 is 1.50 bits per heavy atom. The number of hydrogen-bond acceptors (Lipinski definition) is 1. The molecule has 0 N–H and O–H groups in total. The largest absolute Gasteiger partial charge is 0.335 e. The van der Waals surface area contributed by atoms with E-state index in [2.05, 4.69) is 36.5 Å². The maximum absolute atomic E-state index is 4.37. The number of aryl methyl sites for hydroxylation is 1. The van der Waals surface area contributed by atoms with Crippen molar-refractivity contribution in [2.75, 3.05) is 0 Å². The van der Waals surface area contributed by atoms with Crippen LogP contribution in [0.15, 0.2) is 12.4 Å². The fraction of sp³-hybridized carbons (Fsp3) is 0.700. The Bertz CT molecular complexity index is 227. The maximum atomic E-state index is 4.37. The SMILES string of the molecule is CCCn1ccnc1C(C)CC. The van der Waals surface area contributed by atoms with Gasteiger partial charge in [0.05, 0.1) is 0 Å². The van der Waals surface area contributed by atoms with E-state index in [0.717, 1.165) is 6.54 Å². The molecule has 0 fully saturated rings. The summed E-state index contributed by atoms with van der Waals surface area (Å²) in [7, 11) is 0. The Hall–Kier alpha value is -0.790. The molecule has 0 aromatic carbocycles. The summed E-state index contributed by atoms with van der Waals surface area (Å²) >= 11 is 0. The van der Waals surface area contributed by atoms with Crippen molar-refractivity contribution in [2.24, 2.45) is 0 Å². The molecule has 1 rings (SSSR count). The third-order valence-corrected chi connectivity index (χ3v) is 2.27. The summed E-state index contributed by atoms with van der Waals surface area (Å²) in [5, 5.41) is 0.